The maximum absolute atomic E-state index is 11.9. The molecule has 1 N–H and O–H groups in total. The average Bonchev–Trinajstić information content (AvgIpc) is 2.38. The molecular weight excluding hydrogens is 322 g/mol. The molecule has 0 amide bonds. The number of aliphatic hydroxyl groups excluding tert-OH is 1. The molecule has 0 saturated carbocycles. The van der Waals surface area contributed by atoms with Gasteiger partial charge in [-0.25, -0.2) is 0 Å². The Morgan fingerprint density at radius 2 is 1.32 bits per heavy atom. The molecule has 0 bridgehead atoms. The lowest BCUT2D eigenvalue weighted by molar-refractivity contribution is -0.155. The molecule has 0 radical (unpaired) electrons. The molecule has 0 spiro atoms. The monoisotopic (exact) mass is 359 g/mol. The summed E-state index contributed by atoms with van der Waals surface area (Å²) < 4.78 is 10.6. The lowest BCUT2D eigenvalue weighted by atomic mass is 10.1. The van der Waals surface area contributed by atoms with Gasteiger partial charge in [0.2, 0.25) is 0 Å². The number of carbonyl (C=O) groups excluding carboxylic acids is 2. The van der Waals surface area contributed by atoms with Crippen LogP contribution in [0.25, 0.3) is 0 Å². The summed E-state index contributed by atoms with van der Waals surface area (Å²) in [4.78, 5) is 25.7. The molecule has 1 atom stereocenters. The van der Waals surface area contributed by atoms with Crippen molar-refractivity contribution in [3.8, 4) is 0 Å². The van der Waals surface area contributed by atoms with Gasteiger partial charge in [-0.3, -0.25) is 14.5 Å². The highest BCUT2D eigenvalue weighted by atomic mass is 16.6. The fourth-order valence-corrected chi connectivity index (χ4v) is 2.30. The third kappa shape index (κ3) is 14.9. The SMILES string of the molecule is CCCC(O)CN(CCC(=O)OC(C)(C)C)CCC(=O)OC(C)(C)C. The molecular formula is C19H37NO5. The van der Waals surface area contributed by atoms with Gasteiger partial charge in [0.25, 0.3) is 0 Å². The predicted octanol–water partition coefficient (Wildman–Crippen LogP) is 2.91. The van der Waals surface area contributed by atoms with Crippen LogP contribution in [0.1, 0.15) is 74.1 Å². The predicted molar refractivity (Wildman–Crippen MR) is 98.3 cm³/mol. The number of ether oxygens (including phenoxy) is 2. The summed E-state index contributed by atoms with van der Waals surface area (Å²) >= 11 is 0. The molecule has 0 heterocycles. The van der Waals surface area contributed by atoms with Crippen molar-refractivity contribution >= 4 is 11.9 Å². The summed E-state index contributed by atoms with van der Waals surface area (Å²) in [5.74, 6) is -0.556. The molecule has 0 aromatic carbocycles. The molecule has 0 aliphatic heterocycles. The van der Waals surface area contributed by atoms with Gasteiger partial charge in [-0.1, -0.05) is 13.3 Å². The van der Waals surface area contributed by atoms with Crippen molar-refractivity contribution in [2.75, 3.05) is 19.6 Å². The number of hydrogen-bond donors (Lipinski definition) is 1. The van der Waals surface area contributed by atoms with E-state index in [-0.39, 0.29) is 24.8 Å². The summed E-state index contributed by atoms with van der Waals surface area (Å²) in [6.07, 6.45) is 1.56. The van der Waals surface area contributed by atoms with Crippen LogP contribution >= 0.6 is 0 Å². The highest BCUT2D eigenvalue weighted by Crippen LogP contribution is 2.11. The first-order valence-electron chi connectivity index (χ1n) is 9.16. The third-order valence-corrected chi connectivity index (χ3v) is 3.20. The minimum Gasteiger partial charge on any atom is -0.460 e. The maximum Gasteiger partial charge on any atom is 0.307 e. The van der Waals surface area contributed by atoms with Crippen molar-refractivity contribution in [2.45, 2.75) is 91.5 Å². The molecule has 0 aliphatic carbocycles. The van der Waals surface area contributed by atoms with E-state index < -0.39 is 17.3 Å². The second-order valence-electron chi connectivity index (χ2n) is 8.42. The number of nitrogens with zero attached hydrogens (tertiary/aromatic N) is 1. The second-order valence-corrected chi connectivity index (χ2v) is 8.42. The van der Waals surface area contributed by atoms with Gasteiger partial charge in [0.05, 0.1) is 18.9 Å². The van der Waals surface area contributed by atoms with E-state index in [4.69, 9.17) is 9.47 Å². The van der Waals surface area contributed by atoms with Crippen LogP contribution in [0.4, 0.5) is 0 Å². The molecule has 1 unspecified atom stereocenters. The summed E-state index contributed by atoms with van der Waals surface area (Å²) in [5.41, 5.74) is -1.03. The molecule has 0 saturated heterocycles. The Balaban J connectivity index is 4.55. The molecule has 0 aromatic rings. The van der Waals surface area contributed by atoms with Gasteiger partial charge in [0.15, 0.2) is 0 Å². The van der Waals surface area contributed by atoms with Gasteiger partial charge in [0, 0.05) is 19.6 Å². The summed E-state index contributed by atoms with van der Waals surface area (Å²) in [7, 11) is 0. The normalized spacial score (nSPS) is 13.6. The number of esters is 2. The van der Waals surface area contributed by atoms with Gasteiger partial charge in [-0.15, -0.1) is 0 Å². The Bertz CT molecular complexity index is 377. The Morgan fingerprint density at radius 1 is 0.920 bits per heavy atom. The fourth-order valence-electron chi connectivity index (χ4n) is 2.30. The topological polar surface area (TPSA) is 76.1 Å². The quantitative estimate of drug-likeness (QED) is 0.605. The Morgan fingerprint density at radius 3 is 1.64 bits per heavy atom. The van der Waals surface area contributed by atoms with Crippen LogP contribution in [0.2, 0.25) is 0 Å². The van der Waals surface area contributed by atoms with Crippen molar-refractivity contribution in [3.05, 3.63) is 0 Å². The third-order valence-electron chi connectivity index (χ3n) is 3.20. The number of hydrogen-bond acceptors (Lipinski definition) is 6. The van der Waals surface area contributed by atoms with Gasteiger partial charge < -0.3 is 14.6 Å². The zero-order valence-electron chi connectivity index (χ0n) is 17.1. The smallest absolute Gasteiger partial charge is 0.307 e. The second kappa shape index (κ2) is 10.8. The minimum atomic E-state index is -0.514. The standard InChI is InChI=1S/C19H37NO5/c1-8-9-15(21)14-20(12-10-16(22)24-18(2,3)4)13-11-17(23)25-19(5,6)7/h15,21H,8-14H2,1-7H3. The van der Waals surface area contributed by atoms with E-state index in [1.165, 1.54) is 0 Å². The zero-order chi connectivity index (χ0) is 19.7. The summed E-state index contributed by atoms with van der Waals surface area (Å²) in [5, 5.41) is 10.0. The van der Waals surface area contributed by atoms with E-state index in [9.17, 15) is 14.7 Å². The van der Waals surface area contributed by atoms with E-state index in [1.54, 1.807) is 0 Å². The van der Waals surface area contributed by atoms with E-state index in [0.29, 0.717) is 26.1 Å². The van der Waals surface area contributed by atoms with Crippen molar-refractivity contribution < 1.29 is 24.2 Å². The molecule has 6 nitrogen and oxygen atoms in total. The average molecular weight is 360 g/mol. The van der Waals surface area contributed by atoms with Crippen LogP contribution in [0.3, 0.4) is 0 Å². The number of carbonyl (C=O) groups is 2. The molecule has 25 heavy (non-hydrogen) atoms. The van der Waals surface area contributed by atoms with E-state index in [2.05, 4.69) is 0 Å². The Labute approximate surface area is 152 Å². The Hall–Kier alpha value is -1.14. The van der Waals surface area contributed by atoms with Gasteiger partial charge in [-0.2, -0.15) is 0 Å². The first kappa shape index (κ1) is 23.9. The highest BCUT2D eigenvalue weighted by Gasteiger charge is 2.20. The first-order chi connectivity index (χ1) is 11.3. The van der Waals surface area contributed by atoms with Crippen LogP contribution in [0.15, 0.2) is 0 Å². The van der Waals surface area contributed by atoms with E-state index in [1.807, 2.05) is 53.4 Å². The Kier molecular flexibility index (Phi) is 10.3. The number of rotatable bonds is 10. The molecule has 0 fully saturated rings. The lowest BCUT2D eigenvalue weighted by Gasteiger charge is -2.26. The fraction of sp³-hybridized carbons (Fsp3) is 0.895. The lowest BCUT2D eigenvalue weighted by Crippen LogP contribution is -2.37. The first-order valence-corrected chi connectivity index (χ1v) is 9.16. The van der Waals surface area contributed by atoms with Crippen molar-refractivity contribution in [3.63, 3.8) is 0 Å². The van der Waals surface area contributed by atoms with E-state index in [0.717, 1.165) is 6.42 Å². The van der Waals surface area contributed by atoms with E-state index >= 15 is 0 Å². The minimum absolute atomic E-state index is 0.227. The van der Waals surface area contributed by atoms with Gasteiger partial charge >= 0.3 is 11.9 Å². The molecule has 0 aliphatic rings. The van der Waals surface area contributed by atoms with Gasteiger partial charge in [0.1, 0.15) is 11.2 Å². The van der Waals surface area contributed by atoms with Crippen LogP contribution in [-0.4, -0.2) is 58.9 Å². The zero-order valence-corrected chi connectivity index (χ0v) is 17.1. The summed E-state index contributed by atoms with van der Waals surface area (Å²) in [6.45, 7) is 14.3. The van der Waals surface area contributed by atoms with Crippen molar-refractivity contribution in [1.82, 2.24) is 4.90 Å². The largest absolute Gasteiger partial charge is 0.460 e. The maximum atomic E-state index is 11.9. The molecule has 0 aromatic heterocycles. The molecule has 148 valence electrons. The highest BCUT2D eigenvalue weighted by molar-refractivity contribution is 5.70. The van der Waals surface area contributed by atoms with Crippen LogP contribution < -0.4 is 0 Å². The van der Waals surface area contributed by atoms with Crippen LogP contribution in [0.5, 0.6) is 0 Å². The van der Waals surface area contributed by atoms with Gasteiger partial charge in [-0.05, 0) is 48.0 Å². The molecule has 6 heteroatoms. The molecule has 0 rings (SSSR count). The van der Waals surface area contributed by atoms with Crippen molar-refractivity contribution in [1.29, 1.82) is 0 Å². The van der Waals surface area contributed by atoms with Crippen LogP contribution in [0, 0.1) is 0 Å². The van der Waals surface area contributed by atoms with Crippen molar-refractivity contribution in [2.24, 2.45) is 0 Å². The number of aliphatic hydroxyl groups is 1. The van der Waals surface area contributed by atoms with Crippen LogP contribution in [-0.2, 0) is 19.1 Å². The summed E-state index contributed by atoms with van der Waals surface area (Å²) in [6, 6.07) is 0.